The van der Waals surface area contributed by atoms with Crippen molar-refractivity contribution >= 4 is 17.4 Å². The van der Waals surface area contributed by atoms with Crippen molar-refractivity contribution < 1.29 is 19.1 Å². The molecule has 8 nitrogen and oxygen atoms in total. The van der Waals surface area contributed by atoms with E-state index >= 15 is 0 Å². The van der Waals surface area contributed by atoms with Gasteiger partial charge in [-0.2, -0.15) is 5.10 Å². The first-order chi connectivity index (χ1) is 14.4. The first kappa shape index (κ1) is 20.8. The van der Waals surface area contributed by atoms with Gasteiger partial charge in [-0.05, 0) is 43.3 Å². The number of methoxy groups -OCH3 is 1. The highest BCUT2D eigenvalue weighted by atomic mass is 16.5. The number of Topliss-reactive ketones (excluding diaryl/α,β-unsaturated/α-hetero) is 1. The summed E-state index contributed by atoms with van der Waals surface area (Å²) in [4.78, 5) is 35.1. The molecular weight excluding hydrogens is 386 g/mol. The van der Waals surface area contributed by atoms with Crippen LogP contribution in [-0.2, 0) is 11.8 Å². The summed E-state index contributed by atoms with van der Waals surface area (Å²) < 4.78 is 12.0. The Balaban J connectivity index is 1.62. The van der Waals surface area contributed by atoms with Crippen LogP contribution in [0.5, 0.6) is 11.5 Å². The van der Waals surface area contributed by atoms with Crippen molar-refractivity contribution in [1.29, 1.82) is 0 Å². The lowest BCUT2D eigenvalue weighted by Gasteiger charge is -2.12. The number of carbonyl (C=O) groups is 2. The second kappa shape index (κ2) is 9.04. The summed E-state index contributed by atoms with van der Waals surface area (Å²) in [6.07, 6.45) is 0. The maximum atomic E-state index is 12.2. The molecule has 0 atom stereocenters. The molecule has 154 valence electrons. The van der Waals surface area contributed by atoms with E-state index in [0.717, 1.165) is 5.56 Å². The Bertz CT molecular complexity index is 1140. The van der Waals surface area contributed by atoms with Crippen molar-refractivity contribution in [3.05, 3.63) is 70.5 Å². The molecule has 0 aliphatic heterocycles. The fraction of sp³-hybridized carbons (Fsp3) is 0.182. The zero-order chi connectivity index (χ0) is 21.7. The summed E-state index contributed by atoms with van der Waals surface area (Å²) in [5, 5.41) is 6.94. The second-order valence-corrected chi connectivity index (χ2v) is 6.52. The van der Waals surface area contributed by atoms with Crippen molar-refractivity contribution in [1.82, 2.24) is 9.78 Å². The molecule has 0 bridgehead atoms. The largest absolute Gasteiger partial charge is 0.493 e. The van der Waals surface area contributed by atoms with Crippen LogP contribution in [0.15, 0.2) is 59.4 Å². The smallest absolute Gasteiger partial charge is 0.266 e. The molecule has 3 aromatic rings. The Kier molecular flexibility index (Phi) is 6.26. The molecule has 0 unspecified atom stereocenters. The lowest BCUT2D eigenvalue weighted by atomic mass is 10.1. The number of amides is 1. The van der Waals surface area contributed by atoms with Crippen LogP contribution in [0.2, 0.25) is 0 Å². The molecule has 0 fully saturated rings. The summed E-state index contributed by atoms with van der Waals surface area (Å²) >= 11 is 0. The number of aromatic nitrogens is 2. The monoisotopic (exact) mass is 407 g/mol. The number of hydrogen-bond acceptors (Lipinski definition) is 6. The minimum absolute atomic E-state index is 0.0889. The van der Waals surface area contributed by atoms with E-state index in [2.05, 4.69) is 10.4 Å². The Morgan fingerprint density at radius 2 is 1.77 bits per heavy atom. The molecule has 1 N–H and O–H groups in total. The molecule has 1 amide bonds. The van der Waals surface area contributed by atoms with Crippen LogP contribution in [0.3, 0.4) is 0 Å². The zero-order valence-corrected chi connectivity index (χ0v) is 16.8. The van der Waals surface area contributed by atoms with E-state index in [0.29, 0.717) is 28.4 Å². The zero-order valence-electron chi connectivity index (χ0n) is 16.8. The van der Waals surface area contributed by atoms with E-state index in [9.17, 15) is 14.4 Å². The Morgan fingerprint density at radius 3 is 2.40 bits per heavy atom. The predicted molar refractivity (Wildman–Crippen MR) is 112 cm³/mol. The third-order valence-corrected chi connectivity index (χ3v) is 4.35. The molecule has 0 aliphatic carbocycles. The normalized spacial score (nSPS) is 10.4. The van der Waals surface area contributed by atoms with Gasteiger partial charge < -0.3 is 14.8 Å². The van der Waals surface area contributed by atoms with Crippen molar-refractivity contribution in [2.75, 3.05) is 19.0 Å². The van der Waals surface area contributed by atoms with Gasteiger partial charge in [0.05, 0.1) is 12.8 Å². The molecule has 0 radical (unpaired) electrons. The number of rotatable bonds is 7. The maximum Gasteiger partial charge on any atom is 0.266 e. The Hall–Kier alpha value is -3.94. The summed E-state index contributed by atoms with van der Waals surface area (Å²) in [7, 11) is 3.05. The van der Waals surface area contributed by atoms with Crippen LogP contribution in [0.1, 0.15) is 17.3 Å². The lowest BCUT2D eigenvalue weighted by Crippen LogP contribution is -2.20. The molecule has 1 heterocycles. The summed E-state index contributed by atoms with van der Waals surface area (Å²) in [5.74, 6) is 0.313. The summed E-state index contributed by atoms with van der Waals surface area (Å²) in [6, 6.07) is 15.0. The second-order valence-electron chi connectivity index (χ2n) is 6.52. The third-order valence-electron chi connectivity index (χ3n) is 4.35. The van der Waals surface area contributed by atoms with Crippen molar-refractivity contribution in [2.24, 2.45) is 7.05 Å². The molecule has 2 aromatic carbocycles. The number of carbonyl (C=O) groups excluding carboxylic acids is 2. The summed E-state index contributed by atoms with van der Waals surface area (Å²) in [6.45, 7) is 1.24. The van der Waals surface area contributed by atoms with Gasteiger partial charge in [-0.3, -0.25) is 14.4 Å². The molecule has 8 heteroatoms. The number of hydrogen-bond donors (Lipinski definition) is 1. The number of nitrogens with zero attached hydrogens (tertiary/aromatic N) is 2. The Morgan fingerprint density at radius 1 is 1.03 bits per heavy atom. The molecule has 3 rings (SSSR count). The van der Waals surface area contributed by atoms with Crippen molar-refractivity contribution in [3.63, 3.8) is 0 Å². The van der Waals surface area contributed by atoms with Crippen molar-refractivity contribution in [3.8, 4) is 22.8 Å². The highest BCUT2D eigenvalue weighted by Crippen LogP contribution is 2.28. The first-order valence-corrected chi connectivity index (χ1v) is 9.14. The molecule has 0 aliphatic rings. The first-order valence-electron chi connectivity index (χ1n) is 9.14. The van der Waals surface area contributed by atoms with Gasteiger partial charge in [-0.1, -0.05) is 12.1 Å². The fourth-order valence-corrected chi connectivity index (χ4v) is 2.73. The third kappa shape index (κ3) is 4.91. The minimum atomic E-state index is -0.347. The topological polar surface area (TPSA) is 99.5 Å². The average Bonchev–Trinajstić information content (AvgIpc) is 2.74. The van der Waals surface area contributed by atoms with E-state index in [4.69, 9.17) is 9.47 Å². The number of nitrogens with one attached hydrogen (secondary N) is 1. The van der Waals surface area contributed by atoms with E-state index in [1.807, 2.05) is 0 Å². The van der Waals surface area contributed by atoms with Crippen LogP contribution >= 0.6 is 0 Å². The van der Waals surface area contributed by atoms with E-state index in [-0.39, 0.29) is 23.9 Å². The summed E-state index contributed by atoms with van der Waals surface area (Å²) in [5.41, 5.74) is 2.37. The highest BCUT2D eigenvalue weighted by molar-refractivity contribution is 5.95. The standard InChI is InChI=1S/C22H21N3O5/c1-14(26)16-6-10-19(20(12-16)29-3)30-13-21(27)23-17-7-4-15(5-8-17)18-9-11-22(28)25(2)24-18/h4-12H,13H2,1-3H3,(H,23,27). The van der Waals surface area contributed by atoms with Crippen LogP contribution in [0.25, 0.3) is 11.3 Å². The number of benzene rings is 2. The SMILES string of the molecule is COc1cc(C(C)=O)ccc1OCC(=O)Nc1ccc(-c2ccc(=O)n(C)n2)cc1. The number of anilines is 1. The number of ether oxygens (including phenoxy) is 2. The highest BCUT2D eigenvalue weighted by Gasteiger charge is 2.11. The predicted octanol–water partition coefficient (Wildman–Crippen LogP) is 2.68. The minimum Gasteiger partial charge on any atom is -0.493 e. The molecule has 0 spiro atoms. The van der Waals surface area contributed by atoms with Gasteiger partial charge in [-0.15, -0.1) is 0 Å². The molecule has 0 saturated heterocycles. The number of aryl methyl sites for hydroxylation is 1. The quantitative estimate of drug-likeness (QED) is 0.605. The Labute approximate surface area is 173 Å². The van der Waals surface area contributed by atoms with Gasteiger partial charge in [0.2, 0.25) is 0 Å². The van der Waals surface area contributed by atoms with Gasteiger partial charge >= 0.3 is 0 Å². The lowest BCUT2D eigenvalue weighted by molar-refractivity contribution is -0.118. The molecular formula is C22H21N3O5. The fourth-order valence-electron chi connectivity index (χ4n) is 2.73. The van der Waals surface area contributed by atoms with E-state index < -0.39 is 0 Å². The molecule has 0 saturated carbocycles. The van der Waals surface area contributed by atoms with Gasteiger partial charge in [0.25, 0.3) is 11.5 Å². The number of ketones is 1. The van der Waals surface area contributed by atoms with Crippen LogP contribution in [0, 0.1) is 0 Å². The van der Waals surface area contributed by atoms with Gasteiger partial charge in [-0.25, -0.2) is 4.68 Å². The van der Waals surface area contributed by atoms with Gasteiger partial charge in [0.15, 0.2) is 23.9 Å². The van der Waals surface area contributed by atoms with E-state index in [1.165, 1.54) is 24.8 Å². The van der Waals surface area contributed by atoms with Crippen LogP contribution < -0.4 is 20.3 Å². The van der Waals surface area contributed by atoms with Crippen LogP contribution in [-0.4, -0.2) is 35.2 Å². The van der Waals surface area contributed by atoms with Gasteiger partial charge in [0.1, 0.15) is 0 Å². The molecule has 30 heavy (non-hydrogen) atoms. The van der Waals surface area contributed by atoms with Gasteiger partial charge in [0, 0.05) is 29.9 Å². The van der Waals surface area contributed by atoms with E-state index in [1.54, 1.807) is 55.6 Å². The van der Waals surface area contributed by atoms with Crippen molar-refractivity contribution in [2.45, 2.75) is 6.92 Å². The average molecular weight is 407 g/mol. The molecule has 1 aromatic heterocycles. The maximum absolute atomic E-state index is 12.2. The van der Waals surface area contributed by atoms with Crippen LogP contribution in [0.4, 0.5) is 5.69 Å².